The Bertz CT molecular complexity index is 330. The predicted molar refractivity (Wildman–Crippen MR) is 52.6 cm³/mol. The van der Waals surface area contributed by atoms with E-state index >= 15 is 0 Å². The minimum Gasteiger partial charge on any atom is -0.394 e. The van der Waals surface area contributed by atoms with E-state index in [1.54, 1.807) is 4.90 Å². The van der Waals surface area contributed by atoms with Crippen molar-refractivity contribution in [2.24, 2.45) is 0 Å². The Morgan fingerprint density at radius 1 is 1.80 bits per heavy atom. The molecule has 1 saturated heterocycles. The first-order valence-corrected chi connectivity index (χ1v) is 5.33. The van der Waals surface area contributed by atoms with Gasteiger partial charge in [0.05, 0.1) is 37.2 Å². The van der Waals surface area contributed by atoms with Gasteiger partial charge in [0, 0.05) is 13.1 Å². The minimum absolute atomic E-state index is 0.0703. The average molecular weight is 229 g/mol. The number of carbonyl (C=O) groups excluding carboxylic acids is 1. The largest absolute Gasteiger partial charge is 0.394 e. The van der Waals surface area contributed by atoms with Crippen molar-refractivity contribution < 1.29 is 14.6 Å². The van der Waals surface area contributed by atoms with E-state index in [0.29, 0.717) is 25.4 Å². The van der Waals surface area contributed by atoms with E-state index in [1.165, 1.54) is 6.20 Å². The number of rotatable bonds is 2. The second-order valence-electron chi connectivity index (χ2n) is 3.22. The van der Waals surface area contributed by atoms with Crippen molar-refractivity contribution in [3.05, 3.63) is 11.9 Å². The van der Waals surface area contributed by atoms with Crippen molar-refractivity contribution >= 4 is 17.6 Å². The van der Waals surface area contributed by atoms with Gasteiger partial charge in [0.2, 0.25) is 0 Å². The first-order valence-electron chi connectivity index (χ1n) is 4.60. The number of amides is 1. The smallest absolute Gasteiger partial charge is 0.275 e. The van der Waals surface area contributed by atoms with Crippen LogP contribution in [0.3, 0.4) is 0 Å². The highest BCUT2D eigenvalue weighted by molar-refractivity contribution is 6.99. The Balaban J connectivity index is 2.01. The van der Waals surface area contributed by atoms with E-state index in [9.17, 15) is 4.79 Å². The molecule has 6 nitrogen and oxygen atoms in total. The van der Waals surface area contributed by atoms with Gasteiger partial charge in [-0.3, -0.25) is 4.79 Å². The maximum Gasteiger partial charge on any atom is 0.275 e. The molecule has 0 spiro atoms. The monoisotopic (exact) mass is 229 g/mol. The molecule has 1 aliphatic heterocycles. The number of nitrogens with zero attached hydrogens (tertiary/aromatic N) is 3. The summed E-state index contributed by atoms with van der Waals surface area (Å²) in [5.41, 5.74) is 0.360. The molecule has 0 bridgehead atoms. The van der Waals surface area contributed by atoms with Gasteiger partial charge in [-0.2, -0.15) is 8.75 Å². The van der Waals surface area contributed by atoms with Crippen LogP contribution in [0.5, 0.6) is 0 Å². The molecule has 2 heterocycles. The lowest BCUT2D eigenvalue weighted by Gasteiger charge is -2.31. The summed E-state index contributed by atoms with van der Waals surface area (Å²) in [6.45, 7) is 1.33. The number of hydrogen-bond acceptors (Lipinski definition) is 6. The number of aliphatic hydroxyl groups excluding tert-OH is 1. The number of aromatic nitrogens is 2. The summed E-state index contributed by atoms with van der Waals surface area (Å²) in [6, 6.07) is 0. The predicted octanol–water partition coefficient (Wildman–Crippen LogP) is -0.629. The van der Waals surface area contributed by atoms with Gasteiger partial charge >= 0.3 is 0 Å². The summed E-state index contributed by atoms with van der Waals surface area (Å²) in [5, 5.41) is 8.93. The van der Waals surface area contributed by atoms with Crippen LogP contribution in [-0.4, -0.2) is 57.1 Å². The quantitative estimate of drug-likeness (QED) is 0.731. The number of hydrogen-bond donors (Lipinski definition) is 1. The number of aliphatic hydroxyl groups is 1. The molecule has 0 saturated carbocycles. The Labute approximate surface area is 90.8 Å². The molecular formula is C8H11N3O3S. The zero-order valence-electron chi connectivity index (χ0n) is 8.00. The molecule has 1 aliphatic rings. The summed E-state index contributed by atoms with van der Waals surface area (Å²) in [5.74, 6) is -0.148. The Hall–Kier alpha value is -1.05. The lowest BCUT2D eigenvalue weighted by Crippen LogP contribution is -2.47. The van der Waals surface area contributed by atoms with Crippen LogP contribution in [0.4, 0.5) is 0 Å². The fraction of sp³-hybridized carbons (Fsp3) is 0.625. The summed E-state index contributed by atoms with van der Waals surface area (Å²) >= 11 is 1.01. The molecule has 1 aromatic heterocycles. The maximum absolute atomic E-state index is 11.8. The summed E-state index contributed by atoms with van der Waals surface area (Å²) in [4.78, 5) is 13.4. The third kappa shape index (κ3) is 2.31. The topological polar surface area (TPSA) is 75.6 Å². The van der Waals surface area contributed by atoms with Crippen LogP contribution in [0.15, 0.2) is 6.20 Å². The van der Waals surface area contributed by atoms with Gasteiger partial charge in [0.15, 0.2) is 5.69 Å². The Kier molecular flexibility index (Phi) is 3.24. The maximum atomic E-state index is 11.8. The van der Waals surface area contributed by atoms with Crippen LogP contribution >= 0.6 is 11.7 Å². The van der Waals surface area contributed by atoms with Crippen molar-refractivity contribution in [1.82, 2.24) is 13.6 Å². The molecule has 0 aromatic carbocycles. The fourth-order valence-electron chi connectivity index (χ4n) is 1.44. The van der Waals surface area contributed by atoms with Crippen molar-refractivity contribution in [3.63, 3.8) is 0 Å². The van der Waals surface area contributed by atoms with E-state index in [2.05, 4.69) is 8.75 Å². The van der Waals surface area contributed by atoms with Crippen LogP contribution in [-0.2, 0) is 4.74 Å². The highest BCUT2D eigenvalue weighted by atomic mass is 32.1. The molecule has 2 rings (SSSR count). The third-order valence-corrected chi connectivity index (χ3v) is 2.69. The minimum atomic E-state index is -0.283. The van der Waals surface area contributed by atoms with Gasteiger partial charge in [-0.1, -0.05) is 0 Å². The van der Waals surface area contributed by atoms with Crippen LogP contribution in [0.25, 0.3) is 0 Å². The first kappa shape index (κ1) is 10.5. The normalized spacial score (nSPS) is 21.7. The third-order valence-electron chi connectivity index (χ3n) is 2.21. The van der Waals surface area contributed by atoms with Gasteiger partial charge < -0.3 is 14.7 Å². The molecule has 0 aliphatic carbocycles. The molecule has 15 heavy (non-hydrogen) atoms. The van der Waals surface area contributed by atoms with E-state index in [0.717, 1.165) is 11.7 Å². The lowest BCUT2D eigenvalue weighted by atomic mass is 10.2. The zero-order chi connectivity index (χ0) is 10.7. The zero-order valence-corrected chi connectivity index (χ0v) is 8.81. The van der Waals surface area contributed by atoms with Gasteiger partial charge in [0.25, 0.3) is 5.91 Å². The Morgan fingerprint density at radius 2 is 2.67 bits per heavy atom. The van der Waals surface area contributed by atoms with Gasteiger partial charge in [-0.05, 0) is 0 Å². The summed E-state index contributed by atoms with van der Waals surface area (Å²) < 4.78 is 12.9. The van der Waals surface area contributed by atoms with E-state index in [4.69, 9.17) is 9.84 Å². The van der Waals surface area contributed by atoms with E-state index in [-0.39, 0.29) is 18.6 Å². The molecule has 7 heteroatoms. The van der Waals surface area contributed by atoms with Crippen molar-refractivity contribution in [1.29, 1.82) is 0 Å². The van der Waals surface area contributed by atoms with Crippen molar-refractivity contribution in [2.75, 3.05) is 26.3 Å². The average Bonchev–Trinajstić information content (AvgIpc) is 2.81. The standard InChI is InChI=1S/C8H11N3O3S/c12-5-6-4-11(1-2-14-6)8(13)7-3-9-15-10-7/h3,6,12H,1-2,4-5H2. The molecule has 1 unspecified atom stereocenters. The molecule has 1 atom stereocenters. The van der Waals surface area contributed by atoms with Crippen LogP contribution in [0.1, 0.15) is 10.5 Å². The lowest BCUT2D eigenvalue weighted by molar-refractivity contribution is -0.0448. The molecule has 1 aromatic rings. The highest BCUT2D eigenvalue weighted by Crippen LogP contribution is 2.09. The molecule has 0 radical (unpaired) electrons. The number of carbonyl (C=O) groups is 1. The number of morpholine rings is 1. The van der Waals surface area contributed by atoms with Gasteiger partial charge in [-0.15, -0.1) is 0 Å². The van der Waals surface area contributed by atoms with Gasteiger partial charge in [-0.25, -0.2) is 0 Å². The molecule has 1 N–H and O–H groups in total. The fourth-order valence-corrected chi connectivity index (χ4v) is 1.84. The first-order chi connectivity index (χ1) is 7.31. The summed E-state index contributed by atoms with van der Waals surface area (Å²) in [7, 11) is 0. The molecule has 1 amide bonds. The van der Waals surface area contributed by atoms with E-state index in [1.807, 2.05) is 0 Å². The summed E-state index contributed by atoms with van der Waals surface area (Å²) in [6.07, 6.45) is 1.17. The van der Waals surface area contributed by atoms with Crippen LogP contribution in [0.2, 0.25) is 0 Å². The van der Waals surface area contributed by atoms with Gasteiger partial charge in [0.1, 0.15) is 0 Å². The van der Waals surface area contributed by atoms with Crippen molar-refractivity contribution in [3.8, 4) is 0 Å². The van der Waals surface area contributed by atoms with Crippen molar-refractivity contribution in [2.45, 2.75) is 6.10 Å². The Morgan fingerprint density at radius 3 is 3.33 bits per heavy atom. The number of ether oxygens (including phenoxy) is 1. The SMILES string of the molecule is O=C(c1cnsn1)N1CCOC(CO)C1. The molecular weight excluding hydrogens is 218 g/mol. The second kappa shape index (κ2) is 4.65. The molecule has 1 fully saturated rings. The van der Waals surface area contributed by atoms with Crippen LogP contribution < -0.4 is 0 Å². The highest BCUT2D eigenvalue weighted by Gasteiger charge is 2.25. The molecule has 82 valence electrons. The van der Waals surface area contributed by atoms with Crippen LogP contribution in [0, 0.1) is 0 Å². The second-order valence-corrected chi connectivity index (χ2v) is 3.78. The van der Waals surface area contributed by atoms with E-state index < -0.39 is 0 Å².